The van der Waals surface area contributed by atoms with Crippen LogP contribution in [-0.4, -0.2) is 45.4 Å². The number of hydrogen-bond acceptors (Lipinski definition) is 5. The fourth-order valence-corrected chi connectivity index (χ4v) is 5.29. The van der Waals surface area contributed by atoms with Crippen LogP contribution in [0.5, 0.6) is 0 Å². The summed E-state index contributed by atoms with van der Waals surface area (Å²) in [4.78, 5) is 30.4. The number of carbonyl (C=O) groups is 1. The van der Waals surface area contributed by atoms with Crippen molar-refractivity contribution in [2.24, 2.45) is 5.41 Å². The molecule has 0 aromatic carbocycles. The SMILES string of the molecule is O=C1CC[C@]2(CCCN(c3ncnc4c3CCC4)C2)CN1Cc1ccncc1. The number of hydrogen-bond donors (Lipinski definition) is 0. The highest BCUT2D eigenvalue weighted by Crippen LogP contribution is 2.41. The van der Waals surface area contributed by atoms with Crippen LogP contribution in [-0.2, 0) is 24.2 Å². The van der Waals surface area contributed by atoms with Gasteiger partial charge in [-0.05, 0) is 56.2 Å². The number of likely N-dealkylation sites (tertiary alicyclic amines) is 1. The van der Waals surface area contributed by atoms with Gasteiger partial charge in [0.15, 0.2) is 0 Å². The topological polar surface area (TPSA) is 62.2 Å². The van der Waals surface area contributed by atoms with Gasteiger partial charge >= 0.3 is 0 Å². The Hall–Kier alpha value is -2.50. The molecule has 28 heavy (non-hydrogen) atoms. The van der Waals surface area contributed by atoms with Gasteiger partial charge in [-0.2, -0.15) is 0 Å². The average molecular weight is 377 g/mol. The number of fused-ring (bicyclic) bond motifs is 1. The van der Waals surface area contributed by atoms with E-state index >= 15 is 0 Å². The molecule has 0 radical (unpaired) electrons. The molecule has 2 fully saturated rings. The van der Waals surface area contributed by atoms with Gasteiger partial charge in [-0.1, -0.05) is 0 Å². The fourth-order valence-electron chi connectivity index (χ4n) is 5.29. The first-order valence-electron chi connectivity index (χ1n) is 10.5. The zero-order valence-corrected chi connectivity index (χ0v) is 16.3. The highest BCUT2D eigenvalue weighted by atomic mass is 16.2. The van der Waals surface area contributed by atoms with E-state index in [4.69, 9.17) is 0 Å². The van der Waals surface area contributed by atoms with Crippen LogP contribution in [0.2, 0.25) is 0 Å². The van der Waals surface area contributed by atoms with Crippen LogP contribution in [0, 0.1) is 5.41 Å². The number of anilines is 1. The zero-order chi connectivity index (χ0) is 19.0. The van der Waals surface area contributed by atoms with E-state index in [1.54, 1.807) is 18.7 Å². The molecular formula is C22H27N5O. The van der Waals surface area contributed by atoms with E-state index in [9.17, 15) is 4.79 Å². The summed E-state index contributed by atoms with van der Waals surface area (Å²) in [6.07, 6.45) is 12.7. The Balaban J connectivity index is 1.36. The first-order valence-corrected chi connectivity index (χ1v) is 10.5. The molecule has 1 spiro atoms. The lowest BCUT2D eigenvalue weighted by molar-refractivity contribution is -0.138. The van der Waals surface area contributed by atoms with Crippen LogP contribution in [0.25, 0.3) is 0 Å². The molecule has 0 bridgehead atoms. The summed E-state index contributed by atoms with van der Waals surface area (Å²) >= 11 is 0. The molecule has 5 rings (SSSR count). The first kappa shape index (κ1) is 17.6. The molecular weight excluding hydrogens is 350 g/mol. The van der Waals surface area contributed by atoms with Gasteiger partial charge in [0, 0.05) is 61.7 Å². The number of carbonyl (C=O) groups excluding carboxylic acids is 1. The normalized spacial score (nSPS) is 24.6. The van der Waals surface area contributed by atoms with Crippen molar-refractivity contribution in [1.29, 1.82) is 0 Å². The average Bonchev–Trinajstić information content (AvgIpc) is 3.21. The van der Waals surface area contributed by atoms with E-state index in [0.717, 1.165) is 56.7 Å². The second kappa shape index (κ2) is 7.15. The van der Waals surface area contributed by atoms with Crippen molar-refractivity contribution >= 4 is 11.7 Å². The number of nitrogens with zero attached hydrogens (tertiary/aromatic N) is 5. The molecule has 6 heteroatoms. The van der Waals surface area contributed by atoms with Gasteiger partial charge in [-0.25, -0.2) is 9.97 Å². The minimum absolute atomic E-state index is 0.176. The van der Waals surface area contributed by atoms with E-state index in [1.165, 1.54) is 24.1 Å². The van der Waals surface area contributed by atoms with Gasteiger partial charge in [0.05, 0.1) is 0 Å². The lowest BCUT2D eigenvalue weighted by atomic mass is 9.73. The van der Waals surface area contributed by atoms with E-state index in [1.807, 2.05) is 12.1 Å². The predicted octanol–water partition coefficient (Wildman–Crippen LogP) is 2.77. The molecule has 2 saturated heterocycles. The number of amides is 1. The molecule has 2 aromatic heterocycles. The molecule has 0 N–H and O–H groups in total. The van der Waals surface area contributed by atoms with Gasteiger partial charge in [-0.15, -0.1) is 0 Å². The molecule has 4 heterocycles. The molecule has 146 valence electrons. The molecule has 2 aliphatic heterocycles. The van der Waals surface area contributed by atoms with Crippen molar-refractivity contribution < 1.29 is 4.79 Å². The van der Waals surface area contributed by atoms with Gasteiger partial charge in [-0.3, -0.25) is 9.78 Å². The second-order valence-corrected chi connectivity index (χ2v) is 8.61. The molecule has 6 nitrogen and oxygen atoms in total. The van der Waals surface area contributed by atoms with Crippen LogP contribution in [0.15, 0.2) is 30.9 Å². The standard InChI is InChI=1S/C22H27N5O/c28-20-5-9-22(15-27(20)13-17-6-10-23-11-7-17)8-2-12-26(14-22)21-18-3-1-4-19(18)24-16-25-21/h6-7,10-11,16H,1-5,8-9,12-15H2/t22-/m0/s1. The third kappa shape index (κ3) is 3.25. The van der Waals surface area contributed by atoms with Gasteiger partial charge in [0.1, 0.15) is 12.1 Å². The van der Waals surface area contributed by atoms with Crippen LogP contribution in [0.3, 0.4) is 0 Å². The number of rotatable bonds is 3. The molecule has 1 atom stereocenters. The Morgan fingerprint density at radius 3 is 2.79 bits per heavy atom. The van der Waals surface area contributed by atoms with E-state index in [0.29, 0.717) is 13.0 Å². The van der Waals surface area contributed by atoms with E-state index in [-0.39, 0.29) is 11.3 Å². The minimum Gasteiger partial charge on any atom is -0.356 e. The fraction of sp³-hybridized carbons (Fsp3) is 0.545. The number of aromatic nitrogens is 3. The smallest absolute Gasteiger partial charge is 0.222 e. The third-order valence-electron chi connectivity index (χ3n) is 6.68. The molecule has 1 aliphatic carbocycles. The number of piperidine rings is 2. The maximum absolute atomic E-state index is 12.6. The molecule has 2 aromatic rings. The summed E-state index contributed by atoms with van der Waals surface area (Å²) in [6, 6.07) is 4.01. The number of pyridine rings is 1. The van der Waals surface area contributed by atoms with Crippen molar-refractivity contribution in [3.8, 4) is 0 Å². The Bertz CT molecular complexity index is 870. The zero-order valence-electron chi connectivity index (χ0n) is 16.3. The van der Waals surface area contributed by atoms with Crippen LogP contribution < -0.4 is 4.90 Å². The highest BCUT2D eigenvalue weighted by molar-refractivity contribution is 5.77. The Morgan fingerprint density at radius 1 is 1.00 bits per heavy atom. The molecule has 0 unspecified atom stereocenters. The first-order chi connectivity index (χ1) is 13.7. The molecule has 0 saturated carbocycles. The molecule has 1 amide bonds. The van der Waals surface area contributed by atoms with Crippen LogP contribution in [0.4, 0.5) is 5.82 Å². The second-order valence-electron chi connectivity index (χ2n) is 8.61. The maximum atomic E-state index is 12.6. The highest BCUT2D eigenvalue weighted by Gasteiger charge is 2.42. The Kier molecular flexibility index (Phi) is 4.49. The van der Waals surface area contributed by atoms with Gasteiger partial charge in [0.2, 0.25) is 5.91 Å². The van der Waals surface area contributed by atoms with Crippen molar-refractivity contribution in [3.63, 3.8) is 0 Å². The summed E-state index contributed by atoms with van der Waals surface area (Å²) < 4.78 is 0. The van der Waals surface area contributed by atoms with Gasteiger partial charge in [0.25, 0.3) is 0 Å². The van der Waals surface area contributed by atoms with E-state index in [2.05, 4.69) is 24.8 Å². The summed E-state index contributed by atoms with van der Waals surface area (Å²) in [6.45, 7) is 3.59. The Morgan fingerprint density at radius 2 is 1.89 bits per heavy atom. The monoisotopic (exact) mass is 377 g/mol. The minimum atomic E-state index is 0.176. The molecule has 3 aliphatic rings. The van der Waals surface area contributed by atoms with E-state index < -0.39 is 0 Å². The lowest BCUT2D eigenvalue weighted by Gasteiger charge is -2.48. The number of aryl methyl sites for hydroxylation is 1. The van der Waals surface area contributed by atoms with Crippen molar-refractivity contribution in [2.75, 3.05) is 24.5 Å². The summed E-state index contributed by atoms with van der Waals surface area (Å²) in [5.41, 5.74) is 3.93. The van der Waals surface area contributed by atoms with Crippen LogP contribution in [0.1, 0.15) is 48.9 Å². The summed E-state index contributed by atoms with van der Waals surface area (Å²) in [7, 11) is 0. The van der Waals surface area contributed by atoms with Crippen molar-refractivity contribution in [2.45, 2.75) is 51.5 Å². The quantitative estimate of drug-likeness (QED) is 0.823. The largest absolute Gasteiger partial charge is 0.356 e. The van der Waals surface area contributed by atoms with Crippen molar-refractivity contribution in [1.82, 2.24) is 19.9 Å². The third-order valence-corrected chi connectivity index (χ3v) is 6.68. The summed E-state index contributed by atoms with van der Waals surface area (Å²) in [5, 5.41) is 0. The van der Waals surface area contributed by atoms with Crippen LogP contribution >= 0.6 is 0 Å². The summed E-state index contributed by atoms with van der Waals surface area (Å²) in [5.74, 6) is 1.43. The van der Waals surface area contributed by atoms with Crippen molar-refractivity contribution in [3.05, 3.63) is 47.7 Å². The maximum Gasteiger partial charge on any atom is 0.222 e. The predicted molar refractivity (Wildman–Crippen MR) is 107 cm³/mol. The van der Waals surface area contributed by atoms with Gasteiger partial charge < -0.3 is 9.80 Å². The lowest BCUT2D eigenvalue weighted by Crippen LogP contribution is -2.54. The Labute approximate surface area is 166 Å².